The van der Waals surface area contributed by atoms with E-state index in [-0.39, 0.29) is 27.8 Å². The van der Waals surface area contributed by atoms with Crippen molar-refractivity contribution in [2.45, 2.75) is 13.0 Å². The Morgan fingerprint density at radius 3 is 2.72 bits per heavy atom. The average Bonchev–Trinajstić information content (AvgIpc) is 2.27. The number of carbonyl (C=O) groups excluding carboxylic acids is 1. The van der Waals surface area contributed by atoms with Gasteiger partial charge in [-0.3, -0.25) is 4.79 Å². The van der Waals surface area contributed by atoms with Gasteiger partial charge in [0.05, 0.1) is 19.1 Å². The van der Waals surface area contributed by atoms with Crippen LogP contribution >= 0.6 is 15.9 Å². The van der Waals surface area contributed by atoms with E-state index >= 15 is 0 Å². The van der Waals surface area contributed by atoms with Crippen molar-refractivity contribution in [3.63, 3.8) is 0 Å². The van der Waals surface area contributed by atoms with Crippen LogP contribution in [0, 0.1) is 11.3 Å². The molecule has 1 aromatic carbocycles. The molecular formula is C11H8BrF2NO3. The van der Waals surface area contributed by atoms with Crippen LogP contribution in [0.2, 0.25) is 0 Å². The molecule has 0 heterocycles. The number of hydrogen-bond donors (Lipinski definition) is 0. The Kier molecular flexibility index (Phi) is 5.04. The van der Waals surface area contributed by atoms with Crippen molar-refractivity contribution in [1.29, 1.82) is 5.26 Å². The molecule has 0 atom stereocenters. The van der Waals surface area contributed by atoms with E-state index < -0.39 is 12.6 Å². The second kappa shape index (κ2) is 6.31. The lowest BCUT2D eigenvalue weighted by atomic mass is 10.1. The van der Waals surface area contributed by atoms with Crippen LogP contribution in [-0.4, -0.2) is 19.7 Å². The third kappa shape index (κ3) is 3.67. The van der Waals surface area contributed by atoms with E-state index in [9.17, 15) is 13.6 Å². The Hall–Kier alpha value is -1.68. The maximum absolute atomic E-state index is 12.1. The first-order chi connectivity index (χ1) is 8.47. The SMILES string of the molecule is COC(=O)Cc1cc(OC(F)F)cc(Br)c1C#N. The van der Waals surface area contributed by atoms with Crippen LogP contribution in [-0.2, 0) is 16.0 Å². The number of ether oxygens (including phenoxy) is 2. The molecule has 0 aliphatic heterocycles. The van der Waals surface area contributed by atoms with Crippen LogP contribution in [0.3, 0.4) is 0 Å². The van der Waals surface area contributed by atoms with Crippen molar-refractivity contribution in [2.24, 2.45) is 0 Å². The fraction of sp³-hybridized carbons (Fsp3) is 0.273. The van der Waals surface area contributed by atoms with Gasteiger partial charge in [0, 0.05) is 4.47 Å². The molecule has 0 radical (unpaired) electrons. The Balaban J connectivity index is 3.15. The minimum atomic E-state index is -2.98. The molecule has 1 aromatic rings. The normalized spacial score (nSPS) is 10.0. The van der Waals surface area contributed by atoms with Gasteiger partial charge in [-0.15, -0.1) is 0 Å². The molecule has 1 rings (SSSR count). The third-order valence-electron chi connectivity index (χ3n) is 2.04. The highest BCUT2D eigenvalue weighted by Crippen LogP contribution is 2.28. The Morgan fingerprint density at radius 2 is 2.22 bits per heavy atom. The number of carbonyl (C=O) groups is 1. The van der Waals surface area contributed by atoms with E-state index in [0.717, 1.165) is 0 Å². The van der Waals surface area contributed by atoms with Crippen molar-refractivity contribution in [3.05, 3.63) is 27.7 Å². The summed E-state index contributed by atoms with van der Waals surface area (Å²) < 4.78 is 33.2. The van der Waals surface area contributed by atoms with Crippen molar-refractivity contribution in [3.8, 4) is 11.8 Å². The van der Waals surface area contributed by atoms with Gasteiger partial charge in [-0.1, -0.05) is 0 Å². The molecule has 7 heteroatoms. The molecule has 96 valence electrons. The molecule has 4 nitrogen and oxygen atoms in total. The van der Waals surface area contributed by atoms with E-state index in [1.807, 2.05) is 6.07 Å². The molecule has 0 saturated carbocycles. The standard InChI is InChI=1S/C11H8BrF2NO3/c1-17-10(16)3-6-2-7(18-11(13)14)4-9(12)8(6)5-15/h2,4,11H,3H2,1H3. The van der Waals surface area contributed by atoms with E-state index in [4.69, 9.17) is 5.26 Å². The van der Waals surface area contributed by atoms with Gasteiger partial charge < -0.3 is 9.47 Å². The highest BCUT2D eigenvalue weighted by molar-refractivity contribution is 9.10. The minimum Gasteiger partial charge on any atom is -0.469 e. The second-order valence-corrected chi connectivity index (χ2v) is 4.04. The number of esters is 1. The summed E-state index contributed by atoms with van der Waals surface area (Å²) >= 11 is 3.06. The lowest BCUT2D eigenvalue weighted by Gasteiger charge is -2.09. The summed E-state index contributed by atoms with van der Waals surface area (Å²) in [4.78, 5) is 11.2. The van der Waals surface area contributed by atoms with Gasteiger partial charge in [0.15, 0.2) is 0 Å². The highest BCUT2D eigenvalue weighted by Gasteiger charge is 2.15. The topological polar surface area (TPSA) is 59.3 Å². The average molecular weight is 320 g/mol. The summed E-state index contributed by atoms with van der Waals surface area (Å²) in [6.45, 7) is -2.98. The molecule has 0 amide bonds. The van der Waals surface area contributed by atoms with Crippen LogP contribution in [0.1, 0.15) is 11.1 Å². The van der Waals surface area contributed by atoms with Gasteiger partial charge in [0.2, 0.25) is 0 Å². The first-order valence-electron chi connectivity index (χ1n) is 4.72. The van der Waals surface area contributed by atoms with Gasteiger partial charge in [-0.2, -0.15) is 14.0 Å². The maximum atomic E-state index is 12.1. The Labute approximate surface area is 110 Å². The Bertz CT molecular complexity index is 500. The summed E-state index contributed by atoms with van der Waals surface area (Å²) in [5, 5.41) is 8.94. The third-order valence-corrected chi connectivity index (χ3v) is 2.67. The highest BCUT2D eigenvalue weighted by atomic mass is 79.9. The number of hydrogen-bond acceptors (Lipinski definition) is 4. The summed E-state index contributed by atoms with van der Waals surface area (Å²) in [5.41, 5.74) is 0.441. The largest absolute Gasteiger partial charge is 0.469 e. The molecule has 0 aromatic heterocycles. The summed E-state index contributed by atoms with van der Waals surface area (Å²) in [5.74, 6) is -0.706. The number of methoxy groups -OCH3 is 1. The predicted molar refractivity (Wildman–Crippen MR) is 61.2 cm³/mol. The molecule has 0 fully saturated rings. The zero-order chi connectivity index (χ0) is 13.7. The predicted octanol–water partition coefficient (Wildman–Crippen LogP) is 2.64. The number of alkyl halides is 2. The lowest BCUT2D eigenvalue weighted by Crippen LogP contribution is -2.08. The maximum Gasteiger partial charge on any atom is 0.387 e. The molecule has 0 aliphatic carbocycles. The molecule has 0 saturated heterocycles. The van der Waals surface area contributed by atoms with Crippen molar-refractivity contribution in [1.82, 2.24) is 0 Å². The van der Waals surface area contributed by atoms with E-state index in [2.05, 4.69) is 25.4 Å². The van der Waals surface area contributed by atoms with Gasteiger partial charge in [0.25, 0.3) is 0 Å². The zero-order valence-electron chi connectivity index (χ0n) is 9.25. The summed E-state index contributed by atoms with van der Waals surface area (Å²) in [6, 6.07) is 4.33. The molecule has 0 spiro atoms. The lowest BCUT2D eigenvalue weighted by molar-refractivity contribution is -0.139. The summed E-state index contributed by atoms with van der Waals surface area (Å²) in [6.07, 6.45) is -0.196. The van der Waals surface area contributed by atoms with Gasteiger partial charge in [-0.05, 0) is 33.6 Å². The zero-order valence-corrected chi connectivity index (χ0v) is 10.8. The number of nitriles is 1. The Morgan fingerprint density at radius 1 is 1.56 bits per heavy atom. The van der Waals surface area contributed by atoms with Crippen LogP contribution in [0.4, 0.5) is 8.78 Å². The number of benzene rings is 1. The van der Waals surface area contributed by atoms with Gasteiger partial charge >= 0.3 is 12.6 Å². The minimum absolute atomic E-state index is 0.130. The fourth-order valence-corrected chi connectivity index (χ4v) is 1.87. The molecule has 0 bridgehead atoms. The number of nitrogens with zero attached hydrogens (tertiary/aromatic N) is 1. The quantitative estimate of drug-likeness (QED) is 0.800. The van der Waals surface area contributed by atoms with Crippen molar-refractivity contribution >= 4 is 21.9 Å². The molecule has 18 heavy (non-hydrogen) atoms. The number of halogens is 3. The smallest absolute Gasteiger partial charge is 0.387 e. The molecule has 0 aliphatic rings. The first kappa shape index (κ1) is 14.4. The molecule has 0 unspecified atom stereocenters. The molecule has 0 N–H and O–H groups in total. The van der Waals surface area contributed by atoms with Crippen LogP contribution in [0.15, 0.2) is 16.6 Å². The van der Waals surface area contributed by atoms with Crippen LogP contribution < -0.4 is 4.74 Å². The van der Waals surface area contributed by atoms with Gasteiger partial charge in [0.1, 0.15) is 11.8 Å². The van der Waals surface area contributed by atoms with E-state index in [0.29, 0.717) is 0 Å². The van der Waals surface area contributed by atoms with Crippen LogP contribution in [0.25, 0.3) is 0 Å². The van der Waals surface area contributed by atoms with Gasteiger partial charge in [-0.25, -0.2) is 0 Å². The van der Waals surface area contributed by atoms with E-state index in [1.165, 1.54) is 19.2 Å². The second-order valence-electron chi connectivity index (χ2n) is 3.18. The first-order valence-corrected chi connectivity index (χ1v) is 5.51. The molecular weight excluding hydrogens is 312 g/mol. The van der Waals surface area contributed by atoms with Crippen LogP contribution in [0.5, 0.6) is 5.75 Å². The van der Waals surface area contributed by atoms with Crippen molar-refractivity contribution in [2.75, 3.05) is 7.11 Å². The summed E-state index contributed by atoms with van der Waals surface area (Å²) in [7, 11) is 1.20. The monoisotopic (exact) mass is 319 g/mol. The van der Waals surface area contributed by atoms with Crippen molar-refractivity contribution < 1.29 is 23.0 Å². The fourth-order valence-electron chi connectivity index (χ4n) is 1.30. The number of rotatable bonds is 4. The van der Waals surface area contributed by atoms with E-state index in [1.54, 1.807) is 0 Å².